The van der Waals surface area contributed by atoms with Crippen molar-refractivity contribution >= 4 is 23.4 Å². The number of amides is 1. The highest BCUT2D eigenvalue weighted by Gasteiger charge is 2.09. The van der Waals surface area contributed by atoms with Crippen LogP contribution in [0.3, 0.4) is 0 Å². The maximum atomic E-state index is 11.8. The van der Waals surface area contributed by atoms with E-state index in [2.05, 4.69) is 10.2 Å². The van der Waals surface area contributed by atoms with Gasteiger partial charge in [0.25, 0.3) is 0 Å². The highest BCUT2D eigenvalue weighted by atomic mass is 32.2. The summed E-state index contributed by atoms with van der Waals surface area (Å²) in [6.07, 6.45) is 4.04. The first-order valence-electron chi connectivity index (χ1n) is 7.41. The van der Waals surface area contributed by atoms with Crippen molar-refractivity contribution in [3.8, 4) is 0 Å². The number of aryl methyl sites for hydroxylation is 1. The minimum absolute atomic E-state index is 0.0965. The molecule has 0 saturated carbocycles. The molecule has 4 heteroatoms. The third-order valence-corrected chi connectivity index (χ3v) is 4.47. The quantitative estimate of drug-likeness (QED) is 0.818. The van der Waals surface area contributed by atoms with Gasteiger partial charge in [-0.25, -0.2) is 0 Å². The molecule has 3 nitrogen and oxygen atoms in total. The minimum Gasteiger partial charge on any atom is -0.325 e. The van der Waals surface area contributed by atoms with Crippen LogP contribution >= 0.6 is 11.8 Å². The van der Waals surface area contributed by atoms with Crippen LogP contribution in [0.15, 0.2) is 24.3 Å². The second-order valence-corrected chi connectivity index (χ2v) is 6.48. The zero-order valence-electron chi connectivity index (χ0n) is 12.2. The predicted octanol–water partition coefficient (Wildman–Crippen LogP) is 3.15. The smallest absolute Gasteiger partial charge is 0.234 e. The standard InChI is InChI=1S/C16H24N2OS/c1-14-6-5-7-15(12-14)17-16(19)13-20-11-10-18-8-3-2-4-9-18/h5-7,12H,2-4,8-11,13H2,1H3,(H,17,19). The van der Waals surface area contributed by atoms with Crippen LogP contribution in [0, 0.1) is 6.92 Å². The number of piperidine rings is 1. The van der Waals surface area contributed by atoms with E-state index < -0.39 is 0 Å². The molecule has 0 unspecified atom stereocenters. The first kappa shape index (κ1) is 15.4. The molecule has 110 valence electrons. The maximum Gasteiger partial charge on any atom is 0.234 e. The zero-order valence-corrected chi connectivity index (χ0v) is 13.0. The van der Waals surface area contributed by atoms with Crippen LogP contribution in [0.2, 0.25) is 0 Å². The Hall–Kier alpha value is -1.00. The van der Waals surface area contributed by atoms with Gasteiger partial charge in [-0.15, -0.1) is 0 Å². The number of anilines is 1. The van der Waals surface area contributed by atoms with Gasteiger partial charge in [0.05, 0.1) is 5.75 Å². The lowest BCUT2D eigenvalue weighted by Crippen LogP contribution is -2.31. The van der Waals surface area contributed by atoms with Crippen LogP contribution in [-0.4, -0.2) is 41.9 Å². The molecule has 1 aromatic rings. The fraction of sp³-hybridized carbons (Fsp3) is 0.562. The summed E-state index contributed by atoms with van der Waals surface area (Å²) in [4.78, 5) is 14.3. The van der Waals surface area contributed by atoms with Crippen LogP contribution in [0.1, 0.15) is 24.8 Å². The van der Waals surface area contributed by atoms with Gasteiger partial charge in [0.15, 0.2) is 0 Å². The van der Waals surface area contributed by atoms with E-state index in [1.807, 2.05) is 31.2 Å². The highest BCUT2D eigenvalue weighted by molar-refractivity contribution is 7.99. The molecule has 1 amide bonds. The molecule has 0 aromatic heterocycles. The summed E-state index contributed by atoms with van der Waals surface area (Å²) >= 11 is 1.72. The van der Waals surface area contributed by atoms with Gasteiger partial charge in [0, 0.05) is 18.0 Å². The first-order valence-corrected chi connectivity index (χ1v) is 8.56. The number of nitrogens with zero attached hydrogens (tertiary/aromatic N) is 1. The molecule has 1 saturated heterocycles. The molecule has 1 N–H and O–H groups in total. The van der Waals surface area contributed by atoms with Crippen molar-refractivity contribution in [1.29, 1.82) is 0 Å². The van der Waals surface area contributed by atoms with Crippen molar-refractivity contribution < 1.29 is 4.79 Å². The summed E-state index contributed by atoms with van der Waals surface area (Å²) in [6.45, 7) is 5.61. The molecule has 0 aliphatic carbocycles. The van der Waals surface area contributed by atoms with Crippen LogP contribution < -0.4 is 5.32 Å². The van der Waals surface area contributed by atoms with E-state index >= 15 is 0 Å². The molecule has 1 aromatic carbocycles. The van der Waals surface area contributed by atoms with E-state index in [1.54, 1.807) is 11.8 Å². The molecule has 1 fully saturated rings. The number of carbonyl (C=O) groups excluding carboxylic acids is 1. The molecule has 1 aliphatic rings. The van der Waals surface area contributed by atoms with Crippen molar-refractivity contribution in [2.24, 2.45) is 0 Å². The summed E-state index contributed by atoms with van der Waals surface area (Å²) in [5.74, 6) is 1.68. The van der Waals surface area contributed by atoms with Crippen molar-refractivity contribution in [1.82, 2.24) is 4.90 Å². The van der Waals surface area contributed by atoms with Crippen LogP contribution in [0.25, 0.3) is 0 Å². The lowest BCUT2D eigenvalue weighted by molar-refractivity contribution is -0.113. The van der Waals surface area contributed by atoms with E-state index in [0.717, 1.165) is 18.0 Å². The average molecular weight is 292 g/mol. The monoisotopic (exact) mass is 292 g/mol. The Labute approximate surface area is 126 Å². The SMILES string of the molecule is Cc1cccc(NC(=O)CSCCN2CCCCC2)c1. The predicted molar refractivity (Wildman–Crippen MR) is 87.4 cm³/mol. The van der Waals surface area contributed by atoms with Crippen molar-refractivity contribution in [2.75, 3.05) is 36.5 Å². The Morgan fingerprint density at radius 3 is 2.85 bits per heavy atom. The van der Waals surface area contributed by atoms with E-state index in [9.17, 15) is 4.79 Å². The Kier molecular flexibility index (Phi) is 6.40. The van der Waals surface area contributed by atoms with Gasteiger partial charge in [0.2, 0.25) is 5.91 Å². The van der Waals surface area contributed by atoms with E-state index in [4.69, 9.17) is 0 Å². The molecular formula is C16H24N2OS. The van der Waals surface area contributed by atoms with Crippen molar-refractivity contribution in [3.05, 3.63) is 29.8 Å². The number of carbonyl (C=O) groups is 1. The van der Waals surface area contributed by atoms with E-state index in [-0.39, 0.29) is 5.91 Å². The Bertz CT molecular complexity index is 430. The molecule has 0 radical (unpaired) electrons. The fourth-order valence-electron chi connectivity index (χ4n) is 2.46. The molecule has 20 heavy (non-hydrogen) atoms. The van der Waals surface area contributed by atoms with Crippen molar-refractivity contribution in [3.63, 3.8) is 0 Å². The van der Waals surface area contributed by atoms with E-state index in [1.165, 1.54) is 37.9 Å². The van der Waals surface area contributed by atoms with Gasteiger partial charge in [-0.2, -0.15) is 11.8 Å². The second-order valence-electron chi connectivity index (χ2n) is 5.37. The number of nitrogens with one attached hydrogen (secondary N) is 1. The average Bonchev–Trinajstić information content (AvgIpc) is 2.45. The molecule has 0 spiro atoms. The largest absolute Gasteiger partial charge is 0.325 e. The first-order chi connectivity index (χ1) is 9.74. The molecule has 1 aliphatic heterocycles. The summed E-state index contributed by atoms with van der Waals surface area (Å²) in [5.41, 5.74) is 2.06. The summed E-state index contributed by atoms with van der Waals surface area (Å²) in [7, 11) is 0. The lowest BCUT2D eigenvalue weighted by Gasteiger charge is -2.25. The van der Waals surface area contributed by atoms with Gasteiger partial charge in [0.1, 0.15) is 0 Å². The Morgan fingerprint density at radius 1 is 1.30 bits per heavy atom. The van der Waals surface area contributed by atoms with Gasteiger partial charge in [-0.1, -0.05) is 18.6 Å². The molecule has 2 rings (SSSR count). The number of hydrogen-bond donors (Lipinski definition) is 1. The highest BCUT2D eigenvalue weighted by Crippen LogP contribution is 2.12. The lowest BCUT2D eigenvalue weighted by atomic mass is 10.1. The number of rotatable bonds is 6. The van der Waals surface area contributed by atoms with Crippen LogP contribution in [0.4, 0.5) is 5.69 Å². The van der Waals surface area contributed by atoms with Gasteiger partial charge in [-0.3, -0.25) is 4.79 Å². The summed E-state index contributed by atoms with van der Waals surface area (Å²) in [6, 6.07) is 7.93. The fourth-order valence-corrected chi connectivity index (χ4v) is 3.25. The molecular weight excluding hydrogens is 268 g/mol. The van der Waals surface area contributed by atoms with Gasteiger partial charge >= 0.3 is 0 Å². The molecule has 0 bridgehead atoms. The number of benzene rings is 1. The Balaban J connectivity index is 1.60. The normalized spacial score (nSPS) is 16.1. The maximum absolute atomic E-state index is 11.8. The Morgan fingerprint density at radius 2 is 2.10 bits per heavy atom. The third kappa shape index (κ3) is 5.55. The summed E-state index contributed by atoms with van der Waals surface area (Å²) < 4.78 is 0. The molecule has 0 atom stereocenters. The minimum atomic E-state index is 0.0965. The van der Waals surface area contributed by atoms with Crippen LogP contribution in [0.5, 0.6) is 0 Å². The second kappa shape index (κ2) is 8.32. The molecule has 1 heterocycles. The zero-order chi connectivity index (χ0) is 14.2. The summed E-state index contributed by atoms with van der Waals surface area (Å²) in [5, 5.41) is 2.95. The van der Waals surface area contributed by atoms with E-state index in [0.29, 0.717) is 5.75 Å². The van der Waals surface area contributed by atoms with Gasteiger partial charge < -0.3 is 10.2 Å². The number of likely N-dealkylation sites (tertiary alicyclic amines) is 1. The topological polar surface area (TPSA) is 32.3 Å². The van der Waals surface area contributed by atoms with Crippen molar-refractivity contribution in [2.45, 2.75) is 26.2 Å². The van der Waals surface area contributed by atoms with Gasteiger partial charge in [-0.05, 0) is 50.6 Å². The van der Waals surface area contributed by atoms with Crippen LogP contribution in [-0.2, 0) is 4.79 Å². The third-order valence-electron chi connectivity index (χ3n) is 3.54. The number of thioether (sulfide) groups is 1. The number of hydrogen-bond acceptors (Lipinski definition) is 3.